The Morgan fingerprint density at radius 3 is 2.88 bits per heavy atom. The molecule has 0 saturated carbocycles. The number of hydrogen-bond donors (Lipinski definition) is 0. The molecular weight excluding hydrogens is 320 g/mol. The summed E-state index contributed by atoms with van der Waals surface area (Å²) in [5.41, 5.74) is 2.30. The number of para-hydroxylation sites is 1. The van der Waals surface area contributed by atoms with E-state index in [1.165, 1.54) is 0 Å². The van der Waals surface area contributed by atoms with Gasteiger partial charge in [0.1, 0.15) is 18.1 Å². The molecule has 1 aromatic carbocycles. The van der Waals surface area contributed by atoms with Crippen LogP contribution in [0.5, 0.6) is 5.75 Å². The Bertz CT molecular complexity index is 721. The maximum Gasteiger partial charge on any atom is 0.257 e. The monoisotopic (exact) mass is 344 g/mol. The first kappa shape index (κ1) is 17.5. The Labute approximate surface area is 147 Å². The van der Waals surface area contributed by atoms with E-state index in [0.717, 1.165) is 23.4 Å². The van der Waals surface area contributed by atoms with Crippen LogP contribution in [0.1, 0.15) is 40.7 Å². The molecule has 25 heavy (non-hydrogen) atoms. The van der Waals surface area contributed by atoms with Crippen LogP contribution in [0, 0.1) is 13.8 Å². The predicted molar refractivity (Wildman–Crippen MR) is 92.7 cm³/mol. The summed E-state index contributed by atoms with van der Waals surface area (Å²) in [6.45, 7) is 7.93. The van der Waals surface area contributed by atoms with Crippen LogP contribution in [0.3, 0.4) is 0 Å². The van der Waals surface area contributed by atoms with E-state index in [0.29, 0.717) is 37.6 Å². The van der Waals surface area contributed by atoms with Crippen LogP contribution in [0.4, 0.5) is 0 Å². The molecule has 0 spiro atoms. The first-order chi connectivity index (χ1) is 12.1. The van der Waals surface area contributed by atoms with Crippen molar-refractivity contribution >= 4 is 5.91 Å². The molecule has 1 aliphatic rings. The molecule has 134 valence electrons. The van der Waals surface area contributed by atoms with E-state index < -0.39 is 0 Å². The highest BCUT2D eigenvalue weighted by Gasteiger charge is 2.26. The van der Waals surface area contributed by atoms with Gasteiger partial charge in [0, 0.05) is 13.1 Å². The Balaban J connectivity index is 1.75. The van der Waals surface area contributed by atoms with Crippen LogP contribution in [0.2, 0.25) is 0 Å². The number of amides is 1. The number of hydrogen-bond acceptors (Lipinski definition) is 5. The van der Waals surface area contributed by atoms with Gasteiger partial charge in [-0.25, -0.2) is 0 Å². The molecule has 2 aromatic rings. The first-order valence-electron chi connectivity index (χ1n) is 8.64. The second kappa shape index (κ2) is 7.70. The van der Waals surface area contributed by atoms with Gasteiger partial charge in [-0.1, -0.05) is 24.2 Å². The third-order valence-electron chi connectivity index (χ3n) is 4.55. The molecule has 6 heteroatoms. The zero-order chi connectivity index (χ0) is 17.8. The van der Waals surface area contributed by atoms with Gasteiger partial charge in [0.15, 0.2) is 0 Å². The summed E-state index contributed by atoms with van der Waals surface area (Å²) in [4.78, 5) is 14.8. The molecule has 1 aromatic heterocycles. The standard InChI is InChI=1S/C19H24N2O4/c1-4-15-11-21(9-10-23-15)19(22)16-7-5-6-8-18(16)24-12-17-13(2)20-25-14(17)3/h5-8,15H,4,9-12H2,1-3H3. The van der Waals surface area contributed by atoms with Gasteiger partial charge in [-0.3, -0.25) is 4.79 Å². The molecule has 1 amide bonds. The van der Waals surface area contributed by atoms with Crippen molar-refractivity contribution in [2.75, 3.05) is 19.7 Å². The number of carbonyl (C=O) groups is 1. The summed E-state index contributed by atoms with van der Waals surface area (Å²) in [7, 11) is 0. The lowest BCUT2D eigenvalue weighted by Gasteiger charge is -2.32. The highest BCUT2D eigenvalue weighted by atomic mass is 16.5. The zero-order valence-corrected chi connectivity index (χ0v) is 14.9. The summed E-state index contributed by atoms with van der Waals surface area (Å²) >= 11 is 0. The minimum atomic E-state index is -0.0175. The van der Waals surface area contributed by atoms with Gasteiger partial charge in [0.2, 0.25) is 0 Å². The third kappa shape index (κ3) is 3.85. The number of rotatable bonds is 5. The van der Waals surface area contributed by atoms with Crippen LogP contribution in [0.25, 0.3) is 0 Å². The van der Waals surface area contributed by atoms with Gasteiger partial charge < -0.3 is 18.9 Å². The highest BCUT2D eigenvalue weighted by Crippen LogP contribution is 2.24. The van der Waals surface area contributed by atoms with Crippen LogP contribution >= 0.6 is 0 Å². The minimum absolute atomic E-state index is 0.0175. The average molecular weight is 344 g/mol. The highest BCUT2D eigenvalue weighted by molar-refractivity contribution is 5.97. The average Bonchev–Trinajstić information content (AvgIpc) is 2.97. The molecule has 0 aliphatic carbocycles. The van der Waals surface area contributed by atoms with Crippen molar-refractivity contribution in [2.45, 2.75) is 39.9 Å². The molecular formula is C19H24N2O4. The van der Waals surface area contributed by atoms with Crippen molar-refractivity contribution in [3.8, 4) is 5.75 Å². The molecule has 0 radical (unpaired) electrons. The van der Waals surface area contributed by atoms with E-state index in [4.69, 9.17) is 14.0 Å². The largest absolute Gasteiger partial charge is 0.488 e. The molecule has 0 N–H and O–H groups in total. The van der Waals surface area contributed by atoms with Gasteiger partial charge in [-0.15, -0.1) is 0 Å². The summed E-state index contributed by atoms with van der Waals surface area (Å²) in [6, 6.07) is 7.35. The Morgan fingerprint density at radius 1 is 1.36 bits per heavy atom. The van der Waals surface area contributed by atoms with Crippen molar-refractivity contribution in [1.82, 2.24) is 10.1 Å². The maximum absolute atomic E-state index is 12.9. The van der Waals surface area contributed by atoms with Crippen LogP contribution in [-0.4, -0.2) is 41.8 Å². The minimum Gasteiger partial charge on any atom is -0.488 e. The second-order valence-corrected chi connectivity index (χ2v) is 6.24. The Kier molecular flexibility index (Phi) is 5.38. The quantitative estimate of drug-likeness (QED) is 0.834. The van der Waals surface area contributed by atoms with Crippen LogP contribution < -0.4 is 4.74 Å². The van der Waals surface area contributed by atoms with Gasteiger partial charge in [-0.05, 0) is 32.4 Å². The van der Waals surface area contributed by atoms with E-state index in [9.17, 15) is 4.79 Å². The SMILES string of the molecule is CCC1CN(C(=O)c2ccccc2OCc2c(C)noc2C)CCO1. The molecule has 1 unspecified atom stereocenters. The third-order valence-corrected chi connectivity index (χ3v) is 4.55. The summed E-state index contributed by atoms with van der Waals surface area (Å²) in [5, 5.41) is 3.93. The van der Waals surface area contributed by atoms with E-state index in [1.807, 2.05) is 36.9 Å². The number of benzene rings is 1. The van der Waals surface area contributed by atoms with Gasteiger partial charge in [-0.2, -0.15) is 0 Å². The molecule has 3 rings (SSSR count). The van der Waals surface area contributed by atoms with Crippen molar-refractivity contribution in [3.05, 3.63) is 46.8 Å². The van der Waals surface area contributed by atoms with Crippen LogP contribution in [-0.2, 0) is 11.3 Å². The van der Waals surface area contributed by atoms with Gasteiger partial charge >= 0.3 is 0 Å². The fraction of sp³-hybridized carbons (Fsp3) is 0.474. The number of nitrogens with zero attached hydrogens (tertiary/aromatic N) is 2. The molecule has 2 heterocycles. The maximum atomic E-state index is 12.9. The molecule has 6 nitrogen and oxygen atoms in total. The van der Waals surface area contributed by atoms with E-state index in [-0.39, 0.29) is 12.0 Å². The first-order valence-corrected chi connectivity index (χ1v) is 8.64. The summed E-state index contributed by atoms with van der Waals surface area (Å²) < 4.78 is 16.7. The fourth-order valence-electron chi connectivity index (χ4n) is 2.95. The Hall–Kier alpha value is -2.34. The number of morpholine rings is 1. The lowest BCUT2D eigenvalue weighted by molar-refractivity contribution is -0.0227. The van der Waals surface area contributed by atoms with E-state index in [1.54, 1.807) is 6.07 Å². The van der Waals surface area contributed by atoms with Crippen LogP contribution in [0.15, 0.2) is 28.8 Å². The smallest absolute Gasteiger partial charge is 0.257 e. The van der Waals surface area contributed by atoms with Crippen molar-refractivity contribution < 1.29 is 18.8 Å². The molecule has 1 atom stereocenters. The fourth-order valence-corrected chi connectivity index (χ4v) is 2.95. The molecule has 1 fully saturated rings. The Morgan fingerprint density at radius 2 is 2.16 bits per heavy atom. The van der Waals surface area contributed by atoms with Crippen molar-refractivity contribution in [3.63, 3.8) is 0 Å². The molecule has 1 aliphatic heterocycles. The molecule has 0 bridgehead atoms. The predicted octanol–water partition coefficient (Wildman–Crippen LogP) is 3.12. The van der Waals surface area contributed by atoms with Gasteiger partial charge in [0.25, 0.3) is 5.91 Å². The number of ether oxygens (including phenoxy) is 2. The number of aromatic nitrogens is 1. The van der Waals surface area contributed by atoms with Crippen molar-refractivity contribution in [2.24, 2.45) is 0 Å². The van der Waals surface area contributed by atoms with E-state index >= 15 is 0 Å². The lowest BCUT2D eigenvalue weighted by atomic mass is 10.1. The number of carbonyl (C=O) groups excluding carboxylic acids is 1. The summed E-state index contributed by atoms with van der Waals surface area (Å²) in [5.74, 6) is 1.29. The number of aryl methyl sites for hydroxylation is 2. The lowest BCUT2D eigenvalue weighted by Crippen LogP contribution is -2.45. The second-order valence-electron chi connectivity index (χ2n) is 6.24. The van der Waals surface area contributed by atoms with Gasteiger partial charge in [0.05, 0.1) is 29.5 Å². The van der Waals surface area contributed by atoms with E-state index in [2.05, 4.69) is 12.1 Å². The molecule has 1 saturated heterocycles. The van der Waals surface area contributed by atoms with Crippen molar-refractivity contribution in [1.29, 1.82) is 0 Å². The summed E-state index contributed by atoms with van der Waals surface area (Å²) in [6.07, 6.45) is 1.00. The zero-order valence-electron chi connectivity index (χ0n) is 14.9. The topological polar surface area (TPSA) is 64.8 Å². The normalized spacial score (nSPS) is 17.6.